The molecule has 1 heterocycles. The van der Waals surface area contributed by atoms with Crippen molar-refractivity contribution in [2.24, 2.45) is 5.10 Å². The number of carbonyl (C=O) groups is 1. The Kier molecular flexibility index (Phi) is 5.60. The number of benzene rings is 2. The highest BCUT2D eigenvalue weighted by atomic mass is 32.2. The Balaban J connectivity index is 1.85. The Morgan fingerprint density at radius 1 is 1.11 bits per heavy atom. The van der Waals surface area contributed by atoms with Crippen LogP contribution >= 0.6 is 0 Å². The number of nitrogens with one attached hydrogen (secondary N) is 1. The van der Waals surface area contributed by atoms with E-state index in [1.807, 2.05) is 49.4 Å². The smallest absolute Gasteiger partial charge is 0.242 e. The zero-order chi connectivity index (χ0) is 19.4. The second-order valence-corrected chi connectivity index (χ2v) is 8.36. The minimum absolute atomic E-state index is 0.0221. The van der Waals surface area contributed by atoms with Crippen LogP contribution in [0.3, 0.4) is 0 Å². The van der Waals surface area contributed by atoms with Crippen molar-refractivity contribution in [1.82, 2.24) is 5.01 Å². The molecule has 142 valence electrons. The molecular formula is C20H23N3O3S. The first-order valence-electron chi connectivity index (χ1n) is 8.99. The fraction of sp³-hybridized carbons (Fsp3) is 0.300. The molecule has 3 rings (SSSR count). The van der Waals surface area contributed by atoms with Crippen LogP contribution in [0.25, 0.3) is 0 Å². The number of hydrazone groups is 1. The summed E-state index contributed by atoms with van der Waals surface area (Å²) < 4.78 is 25.9. The Morgan fingerprint density at radius 2 is 1.78 bits per heavy atom. The molecule has 0 spiro atoms. The first-order valence-corrected chi connectivity index (χ1v) is 10.6. The van der Waals surface area contributed by atoms with E-state index in [1.165, 1.54) is 0 Å². The van der Waals surface area contributed by atoms with Crippen LogP contribution < -0.4 is 4.72 Å². The maximum Gasteiger partial charge on any atom is 0.242 e. The van der Waals surface area contributed by atoms with Gasteiger partial charge in [0.1, 0.15) is 0 Å². The van der Waals surface area contributed by atoms with Crippen LogP contribution in [0.15, 0.2) is 59.7 Å². The molecular weight excluding hydrogens is 362 g/mol. The number of sulfonamides is 1. The molecule has 0 radical (unpaired) electrons. The minimum atomic E-state index is -3.31. The van der Waals surface area contributed by atoms with E-state index in [0.29, 0.717) is 18.5 Å². The van der Waals surface area contributed by atoms with E-state index in [4.69, 9.17) is 0 Å². The fourth-order valence-corrected chi connectivity index (χ4v) is 3.63. The van der Waals surface area contributed by atoms with Crippen LogP contribution in [-0.4, -0.2) is 30.8 Å². The molecule has 0 saturated carbocycles. The Labute approximate surface area is 159 Å². The average molecular weight is 385 g/mol. The van der Waals surface area contributed by atoms with Crippen molar-refractivity contribution in [3.8, 4) is 0 Å². The van der Waals surface area contributed by atoms with Crippen molar-refractivity contribution in [3.05, 3.63) is 65.7 Å². The van der Waals surface area contributed by atoms with Gasteiger partial charge in [-0.05, 0) is 30.2 Å². The lowest BCUT2D eigenvalue weighted by Crippen LogP contribution is -2.26. The van der Waals surface area contributed by atoms with Crippen LogP contribution in [0.1, 0.15) is 43.9 Å². The van der Waals surface area contributed by atoms with Crippen LogP contribution in [0.2, 0.25) is 0 Å². The highest BCUT2D eigenvalue weighted by Gasteiger charge is 2.32. The largest absolute Gasteiger partial charge is 0.284 e. The van der Waals surface area contributed by atoms with E-state index in [9.17, 15) is 13.2 Å². The molecule has 0 saturated heterocycles. The molecule has 0 unspecified atom stereocenters. The molecule has 0 aromatic heterocycles. The van der Waals surface area contributed by atoms with Crippen molar-refractivity contribution in [2.45, 2.75) is 32.7 Å². The van der Waals surface area contributed by atoms with Crippen LogP contribution in [0.4, 0.5) is 5.69 Å². The van der Waals surface area contributed by atoms with Gasteiger partial charge in [-0.2, -0.15) is 5.10 Å². The van der Waals surface area contributed by atoms with Crippen molar-refractivity contribution < 1.29 is 13.2 Å². The van der Waals surface area contributed by atoms with Gasteiger partial charge in [-0.3, -0.25) is 9.52 Å². The lowest BCUT2D eigenvalue weighted by molar-refractivity contribution is -0.132. The lowest BCUT2D eigenvalue weighted by Gasteiger charge is -2.21. The van der Waals surface area contributed by atoms with Gasteiger partial charge in [0.05, 0.1) is 17.5 Å². The summed E-state index contributed by atoms with van der Waals surface area (Å²) in [5.74, 6) is 0.0000713. The van der Waals surface area contributed by atoms with Crippen molar-refractivity contribution >= 4 is 27.3 Å². The molecule has 1 atom stereocenters. The third-order valence-electron chi connectivity index (χ3n) is 4.52. The van der Waals surface area contributed by atoms with Gasteiger partial charge in [0.15, 0.2) is 0 Å². The van der Waals surface area contributed by atoms with E-state index in [0.717, 1.165) is 16.8 Å². The summed E-state index contributed by atoms with van der Waals surface area (Å²) in [6.45, 7) is 3.42. The molecule has 2 aromatic carbocycles. The molecule has 1 aliphatic rings. The molecule has 2 aromatic rings. The molecule has 1 aliphatic heterocycles. The van der Waals surface area contributed by atoms with Gasteiger partial charge in [0.2, 0.25) is 15.9 Å². The second kappa shape index (κ2) is 7.92. The molecule has 6 nitrogen and oxygen atoms in total. The molecule has 7 heteroatoms. The topological polar surface area (TPSA) is 78.8 Å². The van der Waals surface area contributed by atoms with E-state index >= 15 is 0 Å². The number of carbonyl (C=O) groups excluding carboxylic acids is 1. The third-order valence-corrected chi connectivity index (χ3v) is 5.83. The molecule has 0 bridgehead atoms. The van der Waals surface area contributed by atoms with Gasteiger partial charge in [-0.15, -0.1) is 0 Å². The summed E-state index contributed by atoms with van der Waals surface area (Å²) >= 11 is 0. The molecule has 1 amide bonds. The maximum absolute atomic E-state index is 12.4. The molecule has 1 N–H and O–H groups in total. The Bertz CT molecular complexity index is 938. The summed E-state index contributed by atoms with van der Waals surface area (Å²) in [5, 5.41) is 6.14. The van der Waals surface area contributed by atoms with Gasteiger partial charge in [-0.1, -0.05) is 49.4 Å². The second-order valence-electron chi connectivity index (χ2n) is 6.35. The van der Waals surface area contributed by atoms with Crippen molar-refractivity contribution in [1.29, 1.82) is 0 Å². The zero-order valence-electron chi connectivity index (χ0n) is 15.4. The van der Waals surface area contributed by atoms with Gasteiger partial charge in [0.25, 0.3) is 0 Å². The number of rotatable bonds is 6. The number of nitrogens with zero attached hydrogens (tertiary/aromatic N) is 2. The number of anilines is 1. The average Bonchev–Trinajstić information content (AvgIpc) is 3.14. The first kappa shape index (κ1) is 19.1. The van der Waals surface area contributed by atoms with E-state index in [-0.39, 0.29) is 17.7 Å². The first-order chi connectivity index (χ1) is 12.9. The minimum Gasteiger partial charge on any atom is -0.284 e. The van der Waals surface area contributed by atoms with Crippen molar-refractivity contribution in [3.63, 3.8) is 0 Å². The Hall–Kier alpha value is -2.67. The lowest BCUT2D eigenvalue weighted by atomic mass is 9.98. The van der Waals surface area contributed by atoms with Gasteiger partial charge in [0, 0.05) is 18.5 Å². The van der Waals surface area contributed by atoms with Crippen LogP contribution in [-0.2, 0) is 14.8 Å². The monoisotopic (exact) mass is 385 g/mol. The Morgan fingerprint density at radius 3 is 2.37 bits per heavy atom. The zero-order valence-corrected chi connectivity index (χ0v) is 16.2. The highest BCUT2D eigenvalue weighted by Crippen LogP contribution is 2.33. The summed E-state index contributed by atoms with van der Waals surface area (Å²) in [7, 11) is -3.31. The summed E-state index contributed by atoms with van der Waals surface area (Å²) in [4.78, 5) is 12.4. The molecule has 0 fully saturated rings. The number of amides is 1. The van der Waals surface area contributed by atoms with Gasteiger partial charge in [-0.25, -0.2) is 13.4 Å². The fourth-order valence-electron chi connectivity index (χ4n) is 2.99. The summed E-state index contributed by atoms with van der Waals surface area (Å²) in [6, 6.07) is 16.8. The highest BCUT2D eigenvalue weighted by molar-refractivity contribution is 7.92. The molecule has 0 aliphatic carbocycles. The number of hydrogen-bond donors (Lipinski definition) is 1. The SMILES string of the molecule is CCC(=O)N1N=C(c2ccc(NS(=O)(=O)CC)cc2)C[C@H]1c1ccccc1. The van der Waals surface area contributed by atoms with E-state index in [2.05, 4.69) is 9.82 Å². The van der Waals surface area contributed by atoms with Crippen LogP contribution in [0, 0.1) is 0 Å². The number of hydrogen-bond acceptors (Lipinski definition) is 4. The predicted octanol–water partition coefficient (Wildman–Crippen LogP) is 3.54. The molecule has 27 heavy (non-hydrogen) atoms. The third kappa shape index (κ3) is 4.36. The van der Waals surface area contributed by atoms with Gasteiger partial charge < -0.3 is 0 Å². The normalized spacial score (nSPS) is 16.9. The standard InChI is InChI=1S/C20H23N3O3S/c1-3-20(24)23-19(16-8-6-5-7-9-16)14-18(21-23)15-10-12-17(13-11-15)22-27(25,26)4-2/h5-13,19,22H,3-4,14H2,1-2H3/t19-/m0/s1. The predicted molar refractivity (Wildman–Crippen MR) is 107 cm³/mol. The maximum atomic E-state index is 12.4. The van der Waals surface area contributed by atoms with E-state index < -0.39 is 10.0 Å². The summed E-state index contributed by atoms with van der Waals surface area (Å²) in [5.41, 5.74) is 3.25. The van der Waals surface area contributed by atoms with Crippen LogP contribution in [0.5, 0.6) is 0 Å². The van der Waals surface area contributed by atoms with E-state index in [1.54, 1.807) is 24.1 Å². The van der Waals surface area contributed by atoms with Gasteiger partial charge >= 0.3 is 0 Å². The quantitative estimate of drug-likeness (QED) is 0.826. The van der Waals surface area contributed by atoms with Crippen molar-refractivity contribution in [2.75, 3.05) is 10.5 Å². The summed E-state index contributed by atoms with van der Waals surface area (Å²) in [6.07, 6.45) is 1.01.